The molecule has 0 saturated heterocycles. The monoisotopic (exact) mass is 436 g/mol. The van der Waals surface area contributed by atoms with Gasteiger partial charge in [0.1, 0.15) is 5.75 Å². The number of aryl methyl sites for hydroxylation is 1. The first-order valence-electron chi connectivity index (χ1n) is 8.49. The van der Waals surface area contributed by atoms with Crippen molar-refractivity contribution in [1.82, 2.24) is 5.43 Å². The van der Waals surface area contributed by atoms with Crippen molar-refractivity contribution in [1.29, 1.82) is 0 Å². The van der Waals surface area contributed by atoms with E-state index in [2.05, 4.69) is 26.5 Å². The van der Waals surface area contributed by atoms with Crippen LogP contribution in [-0.4, -0.2) is 18.1 Å². The van der Waals surface area contributed by atoms with Gasteiger partial charge in [-0.05, 0) is 67.1 Å². The van der Waals surface area contributed by atoms with Gasteiger partial charge in [-0.15, -0.1) is 0 Å². The zero-order chi connectivity index (χ0) is 19.9. The van der Waals surface area contributed by atoms with Crippen LogP contribution < -0.4 is 10.2 Å². The number of esters is 1. The number of hydrogen-bond acceptors (Lipinski definition) is 4. The molecule has 0 aromatic heterocycles. The van der Waals surface area contributed by atoms with Crippen molar-refractivity contribution in [3.05, 3.63) is 99.5 Å². The van der Waals surface area contributed by atoms with Crippen LogP contribution in [0.2, 0.25) is 0 Å². The van der Waals surface area contributed by atoms with E-state index < -0.39 is 5.97 Å². The van der Waals surface area contributed by atoms with Crippen molar-refractivity contribution in [3.8, 4) is 5.75 Å². The highest BCUT2D eigenvalue weighted by Crippen LogP contribution is 2.14. The smallest absolute Gasteiger partial charge is 0.343 e. The molecule has 3 rings (SSSR count). The van der Waals surface area contributed by atoms with Crippen LogP contribution in [0, 0.1) is 6.92 Å². The average molecular weight is 437 g/mol. The summed E-state index contributed by atoms with van der Waals surface area (Å²) in [4.78, 5) is 24.2. The van der Waals surface area contributed by atoms with Crippen molar-refractivity contribution >= 4 is 34.0 Å². The molecule has 0 aliphatic heterocycles. The fourth-order valence-corrected chi connectivity index (χ4v) is 2.82. The molecule has 3 aromatic rings. The molecule has 0 bridgehead atoms. The quantitative estimate of drug-likeness (QED) is 0.271. The van der Waals surface area contributed by atoms with Crippen LogP contribution in [0.3, 0.4) is 0 Å². The Hall–Kier alpha value is -3.25. The van der Waals surface area contributed by atoms with Gasteiger partial charge >= 0.3 is 5.97 Å². The zero-order valence-corrected chi connectivity index (χ0v) is 16.6. The predicted molar refractivity (Wildman–Crippen MR) is 112 cm³/mol. The molecule has 6 heteroatoms. The topological polar surface area (TPSA) is 67.8 Å². The number of hydrazone groups is 1. The third kappa shape index (κ3) is 5.37. The first kappa shape index (κ1) is 19.5. The van der Waals surface area contributed by atoms with E-state index in [1.165, 1.54) is 6.21 Å². The molecule has 5 nitrogen and oxygen atoms in total. The molecule has 0 radical (unpaired) electrons. The maximum Gasteiger partial charge on any atom is 0.343 e. The van der Waals surface area contributed by atoms with E-state index in [0.717, 1.165) is 15.6 Å². The lowest BCUT2D eigenvalue weighted by Crippen LogP contribution is -2.17. The maximum atomic E-state index is 12.2. The highest BCUT2D eigenvalue weighted by molar-refractivity contribution is 9.10. The number of carbonyl (C=O) groups is 2. The molecule has 0 fully saturated rings. The van der Waals surface area contributed by atoms with Gasteiger partial charge in [0, 0.05) is 10.0 Å². The van der Waals surface area contributed by atoms with Crippen LogP contribution in [0.5, 0.6) is 5.75 Å². The molecule has 1 amide bonds. The van der Waals surface area contributed by atoms with Gasteiger partial charge in [0.25, 0.3) is 5.91 Å². The van der Waals surface area contributed by atoms with Gasteiger partial charge in [-0.1, -0.05) is 39.7 Å². The van der Waals surface area contributed by atoms with Crippen molar-refractivity contribution in [2.75, 3.05) is 0 Å². The number of carbonyl (C=O) groups excluding carboxylic acids is 2. The molecule has 140 valence electrons. The third-order valence-electron chi connectivity index (χ3n) is 3.81. The molecule has 0 saturated carbocycles. The van der Waals surface area contributed by atoms with Gasteiger partial charge in [-0.25, -0.2) is 10.2 Å². The highest BCUT2D eigenvalue weighted by atomic mass is 79.9. The number of nitrogens with one attached hydrogen (secondary N) is 1. The van der Waals surface area contributed by atoms with Crippen LogP contribution >= 0.6 is 15.9 Å². The Morgan fingerprint density at radius 2 is 1.68 bits per heavy atom. The van der Waals surface area contributed by atoms with Crippen LogP contribution in [0.25, 0.3) is 0 Å². The first-order chi connectivity index (χ1) is 13.5. The standard InChI is InChI=1S/C22H17BrN2O3/c1-15-4-2-6-18(12-15)22(27)28-20-10-8-16(9-11-20)14-24-25-21(26)17-5-3-7-19(23)13-17/h2-14H,1H3,(H,25,26)/b24-14+. The SMILES string of the molecule is Cc1cccc(C(=O)Oc2ccc(/C=N/NC(=O)c3cccc(Br)c3)cc2)c1. The molecule has 0 spiro atoms. The fraction of sp³-hybridized carbons (Fsp3) is 0.0455. The van der Waals surface area contributed by atoms with Gasteiger partial charge in [0.2, 0.25) is 0 Å². The number of hydrogen-bond donors (Lipinski definition) is 1. The average Bonchev–Trinajstić information content (AvgIpc) is 2.69. The summed E-state index contributed by atoms with van der Waals surface area (Å²) < 4.78 is 6.18. The minimum Gasteiger partial charge on any atom is -0.423 e. The number of nitrogens with zero attached hydrogens (tertiary/aromatic N) is 1. The highest BCUT2D eigenvalue weighted by Gasteiger charge is 2.08. The number of benzene rings is 3. The summed E-state index contributed by atoms with van der Waals surface area (Å²) in [6.45, 7) is 1.92. The predicted octanol–water partition coefficient (Wildman–Crippen LogP) is 4.74. The van der Waals surface area contributed by atoms with Gasteiger partial charge < -0.3 is 4.74 Å². The second-order valence-electron chi connectivity index (χ2n) is 6.04. The second kappa shape index (κ2) is 9.10. The Kier molecular flexibility index (Phi) is 6.34. The molecule has 0 atom stereocenters. The van der Waals surface area contributed by atoms with Gasteiger partial charge in [-0.2, -0.15) is 5.10 Å². The van der Waals surface area contributed by atoms with E-state index >= 15 is 0 Å². The van der Waals surface area contributed by atoms with Gasteiger partial charge in [0.15, 0.2) is 0 Å². The van der Waals surface area contributed by atoms with E-state index in [0.29, 0.717) is 16.9 Å². The number of ether oxygens (including phenoxy) is 1. The number of rotatable bonds is 5. The molecular formula is C22H17BrN2O3. The summed E-state index contributed by atoms with van der Waals surface area (Å²) in [5, 5.41) is 3.95. The normalized spacial score (nSPS) is 10.6. The molecule has 1 N–H and O–H groups in total. The van der Waals surface area contributed by atoms with Crippen LogP contribution in [0.4, 0.5) is 0 Å². The Labute approximate surface area is 171 Å². The molecule has 0 unspecified atom stereocenters. The Bertz CT molecular complexity index is 1030. The summed E-state index contributed by atoms with van der Waals surface area (Å²) in [5.74, 6) is -0.283. The summed E-state index contributed by atoms with van der Waals surface area (Å²) >= 11 is 3.32. The summed E-state index contributed by atoms with van der Waals surface area (Å²) in [5.41, 5.74) is 5.22. The van der Waals surface area contributed by atoms with Crippen molar-refractivity contribution in [3.63, 3.8) is 0 Å². The van der Waals surface area contributed by atoms with Gasteiger partial charge in [-0.3, -0.25) is 4.79 Å². The van der Waals surface area contributed by atoms with E-state index in [1.807, 2.05) is 25.1 Å². The first-order valence-corrected chi connectivity index (χ1v) is 9.28. The molecule has 0 aliphatic rings. The summed E-state index contributed by atoms with van der Waals surface area (Å²) in [7, 11) is 0. The van der Waals surface area contributed by atoms with E-state index in [4.69, 9.17) is 4.74 Å². The third-order valence-corrected chi connectivity index (χ3v) is 4.30. The molecule has 3 aromatic carbocycles. The largest absolute Gasteiger partial charge is 0.423 e. The van der Waals surface area contributed by atoms with Crippen molar-refractivity contribution in [2.24, 2.45) is 5.10 Å². The van der Waals surface area contributed by atoms with E-state index in [9.17, 15) is 9.59 Å². The Morgan fingerprint density at radius 3 is 2.39 bits per heavy atom. The maximum absolute atomic E-state index is 12.2. The van der Waals surface area contributed by atoms with Crippen LogP contribution in [-0.2, 0) is 0 Å². The minimum absolute atomic E-state index is 0.304. The van der Waals surface area contributed by atoms with E-state index in [-0.39, 0.29) is 5.91 Å². The molecule has 0 heterocycles. The van der Waals surface area contributed by atoms with E-state index in [1.54, 1.807) is 54.6 Å². The number of halogens is 1. The molecule has 28 heavy (non-hydrogen) atoms. The van der Waals surface area contributed by atoms with Crippen molar-refractivity contribution < 1.29 is 14.3 Å². The summed E-state index contributed by atoms with van der Waals surface area (Å²) in [6, 6.07) is 21.1. The van der Waals surface area contributed by atoms with Crippen LogP contribution in [0.1, 0.15) is 31.8 Å². The fourth-order valence-electron chi connectivity index (χ4n) is 2.42. The summed E-state index contributed by atoms with van der Waals surface area (Å²) in [6.07, 6.45) is 1.52. The zero-order valence-electron chi connectivity index (χ0n) is 15.1. The van der Waals surface area contributed by atoms with Crippen LogP contribution in [0.15, 0.2) is 82.4 Å². The minimum atomic E-state index is -0.411. The lowest BCUT2D eigenvalue weighted by atomic mass is 10.1. The number of amides is 1. The lowest BCUT2D eigenvalue weighted by molar-refractivity contribution is 0.0734. The van der Waals surface area contributed by atoms with Crippen molar-refractivity contribution in [2.45, 2.75) is 6.92 Å². The lowest BCUT2D eigenvalue weighted by Gasteiger charge is -2.05. The van der Waals surface area contributed by atoms with Gasteiger partial charge in [0.05, 0.1) is 11.8 Å². The Balaban J connectivity index is 1.57. The second-order valence-corrected chi connectivity index (χ2v) is 6.95. The molecular weight excluding hydrogens is 420 g/mol. The Morgan fingerprint density at radius 1 is 0.964 bits per heavy atom. The molecule has 0 aliphatic carbocycles.